The molecule has 1 heteroatoms. The van der Waals surface area contributed by atoms with E-state index in [1.807, 2.05) is 0 Å². The summed E-state index contributed by atoms with van der Waals surface area (Å²) in [5.74, 6) is 0. The molecule has 0 aliphatic carbocycles. The Morgan fingerprint density at radius 2 is 1.83 bits per heavy atom. The highest BCUT2D eigenvalue weighted by molar-refractivity contribution is 5.47. The van der Waals surface area contributed by atoms with Gasteiger partial charge in [0.1, 0.15) is 0 Å². The molecule has 0 spiro atoms. The lowest BCUT2D eigenvalue weighted by Gasteiger charge is -2.20. The van der Waals surface area contributed by atoms with Crippen LogP contribution in [0.4, 0.5) is 5.69 Å². The predicted octanol–water partition coefficient (Wildman–Crippen LogP) is 2.66. The van der Waals surface area contributed by atoms with Gasteiger partial charge < -0.3 is 4.90 Å². The Morgan fingerprint density at radius 3 is 2.25 bits per heavy atom. The maximum absolute atomic E-state index is 3.88. The second kappa shape index (κ2) is 4.15. The van der Waals surface area contributed by atoms with E-state index in [4.69, 9.17) is 0 Å². The van der Waals surface area contributed by atoms with E-state index in [9.17, 15) is 0 Å². The smallest absolute Gasteiger partial charge is 0.0366 e. The molecule has 12 heavy (non-hydrogen) atoms. The third kappa shape index (κ3) is 2.00. The summed E-state index contributed by atoms with van der Waals surface area (Å²) < 4.78 is 0. The maximum atomic E-state index is 3.88. The van der Waals surface area contributed by atoms with E-state index in [0.29, 0.717) is 0 Å². The van der Waals surface area contributed by atoms with Gasteiger partial charge in [0.25, 0.3) is 0 Å². The minimum atomic E-state index is 0.833. The SMILES string of the molecule is [CH2]CN(CC)c1ccc(C)cc1. The highest BCUT2D eigenvalue weighted by Gasteiger charge is 1.98. The Balaban J connectivity index is 2.80. The lowest BCUT2D eigenvalue weighted by molar-refractivity contribution is 0.904. The minimum absolute atomic E-state index is 0.833. The molecular formula is C11H16N. The molecule has 0 heterocycles. The van der Waals surface area contributed by atoms with Crippen LogP contribution in [-0.4, -0.2) is 13.1 Å². The average Bonchev–Trinajstić information content (AvgIpc) is 2.10. The van der Waals surface area contributed by atoms with Crippen LogP contribution < -0.4 is 4.90 Å². The van der Waals surface area contributed by atoms with Crippen LogP contribution in [0.15, 0.2) is 24.3 Å². The van der Waals surface area contributed by atoms with Crippen molar-refractivity contribution in [2.75, 3.05) is 18.0 Å². The second-order valence-corrected chi connectivity index (χ2v) is 2.92. The van der Waals surface area contributed by atoms with Crippen LogP contribution in [0.3, 0.4) is 0 Å². The largest absolute Gasteiger partial charge is 0.372 e. The predicted molar refractivity (Wildman–Crippen MR) is 54.4 cm³/mol. The summed E-state index contributed by atoms with van der Waals surface area (Å²) in [6.07, 6.45) is 0. The number of hydrogen-bond acceptors (Lipinski definition) is 1. The van der Waals surface area contributed by atoms with Gasteiger partial charge in [-0.05, 0) is 32.9 Å². The van der Waals surface area contributed by atoms with Gasteiger partial charge in [-0.2, -0.15) is 0 Å². The molecule has 1 rings (SSSR count). The molecule has 0 bridgehead atoms. The van der Waals surface area contributed by atoms with Crippen LogP contribution >= 0.6 is 0 Å². The number of nitrogens with zero attached hydrogens (tertiary/aromatic N) is 1. The Kier molecular flexibility index (Phi) is 3.15. The standard InChI is InChI=1S/C11H16N/c1-4-12(5-2)11-8-6-10(3)7-9-11/h6-9H,1,4-5H2,2-3H3. The maximum Gasteiger partial charge on any atom is 0.0366 e. The van der Waals surface area contributed by atoms with Gasteiger partial charge in [0.2, 0.25) is 0 Å². The zero-order valence-corrected chi connectivity index (χ0v) is 7.88. The average molecular weight is 162 g/mol. The summed E-state index contributed by atoms with van der Waals surface area (Å²) in [7, 11) is 0. The van der Waals surface area contributed by atoms with Crippen LogP contribution in [0.1, 0.15) is 12.5 Å². The Morgan fingerprint density at radius 1 is 1.25 bits per heavy atom. The first-order chi connectivity index (χ1) is 5.77. The topological polar surface area (TPSA) is 3.24 Å². The molecule has 0 N–H and O–H groups in total. The zero-order chi connectivity index (χ0) is 8.97. The Hall–Kier alpha value is -0.980. The first-order valence-corrected chi connectivity index (χ1v) is 4.38. The lowest BCUT2D eigenvalue weighted by Crippen LogP contribution is -2.21. The van der Waals surface area contributed by atoms with E-state index in [-0.39, 0.29) is 0 Å². The fraction of sp³-hybridized carbons (Fsp3) is 0.364. The zero-order valence-electron chi connectivity index (χ0n) is 7.88. The summed E-state index contributed by atoms with van der Waals surface area (Å²) in [5.41, 5.74) is 2.57. The fourth-order valence-electron chi connectivity index (χ4n) is 1.23. The number of anilines is 1. The fourth-order valence-corrected chi connectivity index (χ4v) is 1.23. The van der Waals surface area contributed by atoms with Crippen molar-refractivity contribution in [3.63, 3.8) is 0 Å². The van der Waals surface area contributed by atoms with Crippen molar-refractivity contribution < 1.29 is 0 Å². The Labute approximate surface area is 75.0 Å². The van der Waals surface area contributed by atoms with Crippen molar-refractivity contribution in [1.82, 2.24) is 0 Å². The van der Waals surface area contributed by atoms with Crippen molar-refractivity contribution in [2.45, 2.75) is 13.8 Å². The molecule has 0 saturated heterocycles. The van der Waals surface area contributed by atoms with E-state index >= 15 is 0 Å². The number of hydrogen-bond donors (Lipinski definition) is 0. The van der Waals surface area contributed by atoms with E-state index in [0.717, 1.165) is 13.1 Å². The van der Waals surface area contributed by atoms with Gasteiger partial charge >= 0.3 is 0 Å². The highest BCUT2D eigenvalue weighted by atomic mass is 15.1. The summed E-state index contributed by atoms with van der Waals surface area (Å²) in [4.78, 5) is 2.24. The van der Waals surface area contributed by atoms with Gasteiger partial charge in [-0.1, -0.05) is 17.7 Å². The van der Waals surface area contributed by atoms with E-state index in [1.165, 1.54) is 11.3 Å². The molecule has 0 saturated carbocycles. The summed E-state index contributed by atoms with van der Waals surface area (Å²) in [6, 6.07) is 8.55. The minimum Gasteiger partial charge on any atom is -0.372 e. The highest BCUT2D eigenvalue weighted by Crippen LogP contribution is 2.13. The molecule has 0 atom stereocenters. The molecule has 1 nitrogen and oxygen atoms in total. The third-order valence-electron chi connectivity index (χ3n) is 2.05. The van der Waals surface area contributed by atoms with Crippen LogP contribution in [0.2, 0.25) is 0 Å². The first kappa shape index (κ1) is 9.11. The van der Waals surface area contributed by atoms with Gasteiger partial charge in [-0.3, -0.25) is 0 Å². The van der Waals surface area contributed by atoms with Crippen molar-refractivity contribution in [3.8, 4) is 0 Å². The molecule has 0 fully saturated rings. The monoisotopic (exact) mass is 162 g/mol. The lowest BCUT2D eigenvalue weighted by atomic mass is 10.2. The van der Waals surface area contributed by atoms with Crippen molar-refractivity contribution >= 4 is 5.69 Å². The van der Waals surface area contributed by atoms with Crippen LogP contribution in [0.25, 0.3) is 0 Å². The number of aryl methyl sites for hydroxylation is 1. The van der Waals surface area contributed by atoms with Gasteiger partial charge in [-0.25, -0.2) is 0 Å². The van der Waals surface area contributed by atoms with Gasteiger partial charge in [-0.15, -0.1) is 0 Å². The molecule has 0 aliphatic heterocycles. The van der Waals surface area contributed by atoms with Gasteiger partial charge in [0.15, 0.2) is 0 Å². The quantitative estimate of drug-likeness (QED) is 0.660. The normalized spacial score (nSPS) is 9.92. The molecule has 1 radical (unpaired) electrons. The summed E-state index contributed by atoms with van der Waals surface area (Å²) in [6.45, 7) is 9.98. The molecule has 0 amide bonds. The first-order valence-electron chi connectivity index (χ1n) is 4.38. The second-order valence-electron chi connectivity index (χ2n) is 2.92. The molecule has 1 aromatic rings. The van der Waals surface area contributed by atoms with Crippen LogP contribution in [0.5, 0.6) is 0 Å². The van der Waals surface area contributed by atoms with Crippen LogP contribution in [0, 0.1) is 13.8 Å². The third-order valence-corrected chi connectivity index (χ3v) is 2.05. The van der Waals surface area contributed by atoms with E-state index < -0.39 is 0 Å². The molecule has 0 aliphatic rings. The van der Waals surface area contributed by atoms with Gasteiger partial charge in [0.05, 0.1) is 0 Å². The van der Waals surface area contributed by atoms with E-state index in [2.05, 4.69) is 49.9 Å². The molecule has 0 unspecified atom stereocenters. The van der Waals surface area contributed by atoms with Crippen LogP contribution in [-0.2, 0) is 0 Å². The van der Waals surface area contributed by atoms with Crippen molar-refractivity contribution in [1.29, 1.82) is 0 Å². The summed E-state index contributed by atoms with van der Waals surface area (Å²) >= 11 is 0. The van der Waals surface area contributed by atoms with Crippen molar-refractivity contribution in [2.24, 2.45) is 0 Å². The molecule has 65 valence electrons. The number of benzene rings is 1. The Bertz CT molecular complexity index is 221. The van der Waals surface area contributed by atoms with E-state index in [1.54, 1.807) is 0 Å². The summed E-state index contributed by atoms with van der Waals surface area (Å²) in [5, 5.41) is 0. The van der Waals surface area contributed by atoms with Gasteiger partial charge in [0, 0.05) is 18.8 Å². The van der Waals surface area contributed by atoms with Crippen molar-refractivity contribution in [3.05, 3.63) is 36.8 Å². The molecule has 0 aromatic heterocycles. The molecule has 1 aromatic carbocycles. The number of rotatable bonds is 3. The molecular weight excluding hydrogens is 146 g/mol.